The molecule has 2 aromatic carbocycles. The average Bonchev–Trinajstić information content (AvgIpc) is 2.65. The van der Waals surface area contributed by atoms with Gasteiger partial charge in [-0.2, -0.15) is 0 Å². The van der Waals surface area contributed by atoms with Gasteiger partial charge < -0.3 is 4.74 Å². The van der Waals surface area contributed by atoms with E-state index in [2.05, 4.69) is 47.1 Å². The number of piperidine rings is 1. The number of aryl methyl sites for hydroxylation is 1. The van der Waals surface area contributed by atoms with Gasteiger partial charge in [-0.1, -0.05) is 58.4 Å². The first kappa shape index (κ1) is 18.3. The number of fused-ring (bicyclic) bond motifs is 2. The Morgan fingerprint density at radius 1 is 1.19 bits per heavy atom. The van der Waals surface area contributed by atoms with Crippen LogP contribution in [0.4, 0.5) is 4.79 Å². The number of rotatable bonds is 3. The SMILES string of the molecule is Cc1cc(Br)cc(C2=CC3CCCC(C2)N3C(=O)OCc2ccccc2)c1. The van der Waals surface area contributed by atoms with Crippen LogP contribution in [-0.2, 0) is 11.3 Å². The molecule has 2 unspecified atom stereocenters. The monoisotopic (exact) mass is 425 g/mol. The Morgan fingerprint density at radius 2 is 2.00 bits per heavy atom. The van der Waals surface area contributed by atoms with Crippen LogP contribution in [0.15, 0.2) is 59.1 Å². The Balaban J connectivity index is 1.52. The fourth-order valence-electron chi connectivity index (χ4n) is 4.24. The largest absolute Gasteiger partial charge is 0.445 e. The molecule has 0 radical (unpaired) electrons. The molecule has 2 bridgehead atoms. The second-order valence-corrected chi connectivity index (χ2v) is 8.43. The van der Waals surface area contributed by atoms with E-state index in [0.717, 1.165) is 29.3 Å². The highest BCUT2D eigenvalue weighted by Crippen LogP contribution is 2.38. The molecule has 0 N–H and O–H groups in total. The minimum Gasteiger partial charge on any atom is -0.445 e. The second kappa shape index (κ2) is 7.89. The summed E-state index contributed by atoms with van der Waals surface area (Å²) in [5, 5.41) is 0. The maximum Gasteiger partial charge on any atom is 0.410 e. The summed E-state index contributed by atoms with van der Waals surface area (Å²) in [6.07, 6.45) is 6.20. The van der Waals surface area contributed by atoms with Crippen molar-refractivity contribution in [2.45, 2.75) is 51.3 Å². The van der Waals surface area contributed by atoms with Crippen LogP contribution < -0.4 is 0 Å². The first-order valence-electron chi connectivity index (χ1n) is 9.57. The van der Waals surface area contributed by atoms with Crippen molar-refractivity contribution in [1.82, 2.24) is 4.90 Å². The molecule has 2 heterocycles. The summed E-state index contributed by atoms with van der Waals surface area (Å²) in [5.41, 5.74) is 4.88. The predicted octanol–water partition coefficient (Wildman–Crippen LogP) is 6.10. The molecule has 2 aliphatic rings. The Bertz CT molecular complexity index is 842. The van der Waals surface area contributed by atoms with Gasteiger partial charge in [-0.15, -0.1) is 0 Å². The summed E-state index contributed by atoms with van der Waals surface area (Å²) >= 11 is 3.61. The number of halogens is 1. The van der Waals surface area contributed by atoms with Crippen molar-refractivity contribution in [3.05, 3.63) is 75.8 Å². The number of hydrogen-bond acceptors (Lipinski definition) is 2. The molecule has 2 atom stereocenters. The maximum absolute atomic E-state index is 12.8. The zero-order valence-electron chi connectivity index (χ0n) is 15.5. The Hall–Kier alpha value is -2.07. The summed E-state index contributed by atoms with van der Waals surface area (Å²) in [6, 6.07) is 16.8. The highest BCUT2D eigenvalue weighted by Gasteiger charge is 2.38. The van der Waals surface area contributed by atoms with Crippen molar-refractivity contribution in [2.75, 3.05) is 0 Å². The minimum absolute atomic E-state index is 0.134. The lowest BCUT2D eigenvalue weighted by atomic mass is 9.83. The van der Waals surface area contributed by atoms with Crippen molar-refractivity contribution in [3.63, 3.8) is 0 Å². The molecule has 0 spiro atoms. The van der Waals surface area contributed by atoms with Gasteiger partial charge in [-0.05, 0) is 67.0 Å². The highest BCUT2D eigenvalue weighted by molar-refractivity contribution is 9.10. The van der Waals surface area contributed by atoms with E-state index < -0.39 is 0 Å². The Morgan fingerprint density at radius 3 is 2.74 bits per heavy atom. The molecule has 2 aromatic rings. The van der Waals surface area contributed by atoms with Crippen molar-refractivity contribution >= 4 is 27.6 Å². The van der Waals surface area contributed by atoms with Gasteiger partial charge in [-0.3, -0.25) is 4.90 Å². The molecule has 27 heavy (non-hydrogen) atoms. The molecule has 140 valence electrons. The van der Waals surface area contributed by atoms with Gasteiger partial charge in [0.1, 0.15) is 6.61 Å². The Kier molecular flexibility index (Phi) is 5.35. The number of amides is 1. The van der Waals surface area contributed by atoms with E-state index in [4.69, 9.17) is 4.74 Å². The summed E-state index contributed by atoms with van der Waals surface area (Å²) in [5.74, 6) is 0. The molecule has 2 aliphatic heterocycles. The van der Waals surface area contributed by atoms with Crippen LogP contribution in [0.25, 0.3) is 5.57 Å². The van der Waals surface area contributed by atoms with Crippen LogP contribution in [0, 0.1) is 6.92 Å². The second-order valence-electron chi connectivity index (χ2n) is 7.51. The van der Waals surface area contributed by atoms with Crippen molar-refractivity contribution < 1.29 is 9.53 Å². The number of carbonyl (C=O) groups excluding carboxylic acids is 1. The zero-order chi connectivity index (χ0) is 18.8. The molecule has 3 nitrogen and oxygen atoms in total. The molecule has 1 saturated heterocycles. The zero-order valence-corrected chi connectivity index (χ0v) is 17.1. The van der Waals surface area contributed by atoms with Gasteiger partial charge in [0.2, 0.25) is 0 Å². The van der Waals surface area contributed by atoms with Crippen LogP contribution in [0.1, 0.15) is 42.4 Å². The number of hydrogen-bond donors (Lipinski definition) is 0. The third-order valence-corrected chi connectivity index (χ3v) is 5.92. The lowest BCUT2D eigenvalue weighted by Crippen LogP contribution is -2.51. The third kappa shape index (κ3) is 4.11. The number of benzene rings is 2. The molecule has 1 amide bonds. The van der Waals surface area contributed by atoms with Crippen LogP contribution in [-0.4, -0.2) is 23.1 Å². The van der Waals surface area contributed by atoms with Crippen LogP contribution in [0.5, 0.6) is 0 Å². The van der Waals surface area contributed by atoms with Gasteiger partial charge in [0.15, 0.2) is 0 Å². The fourth-order valence-corrected chi connectivity index (χ4v) is 4.85. The minimum atomic E-state index is -0.186. The lowest BCUT2D eigenvalue weighted by Gasteiger charge is -2.44. The summed E-state index contributed by atoms with van der Waals surface area (Å²) in [6.45, 7) is 2.45. The molecule has 0 aliphatic carbocycles. The predicted molar refractivity (Wildman–Crippen MR) is 111 cm³/mol. The highest BCUT2D eigenvalue weighted by atomic mass is 79.9. The number of nitrogens with zero attached hydrogens (tertiary/aromatic N) is 1. The van der Waals surface area contributed by atoms with Crippen LogP contribution in [0.3, 0.4) is 0 Å². The molecular weight excluding hydrogens is 402 g/mol. The van der Waals surface area contributed by atoms with E-state index >= 15 is 0 Å². The van der Waals surface area contributed by atoms with Crippen molar-refractivity contribution in [1.29, 1.82) is 0 Å². The fraction of sp³-hybridized carbons (Fsp3) is 0.348. The molecular formula is C23H24BrNO2. The van der Waals surface area contributed by atoms with E-state index in [1.807, 2.05) is 35.2 Å². The van der Waals surface area contributed by atoms with Gasteiger partial charge >= 0.3 is 6.09 Å². The van der Waals surface area contributed by atoms with E-state index in [1.165, 1.54) is 23.1 Å². The first-order valence-corrected chi connectivity index (χ1v) is 10.4. The topological polar surface area (TPSA) is 29.5 Å². The normalized spacial score (nSPS) is 21.6. The molecule has 4 heteroatoms. The maximum atomic E-state index is 12.8. The van der Waals surface area contributed by atoms with Gasteiger partial charge in [0, 0.05) is 10.5 Å². The summed E-state index contributed by atoms with van der Waals surface area (Å²) < 4.78 is 6.74. The number of carbonyl (C=O) groups is 1. The van der Waals surface area contributed by atoms with E-state index in [-0.39, 0.29) is 18.2 Å². The first-order chi connectivity index (χ1) is 13.1. The standard InChI is InChI=1S/C23H24BrNO2/c1-16-10-18(12-20(24)11-16)19-13-21-8-5-9-22(14-19)25(21)23(26)27-15-17-6-3-2-4-7-17/h2-4,6-7,10-13,21-22H,5,8-9,14-15H2,1H3. The summed E-state index contributed by atoms with van der Waals surface area (Å²) in [4.78, 5) is 14.8. The van der Waals surface area contributed by atoms with Crippen LogP contribution >= 0.6 is 15.9 Å². The molecule has 0 saturated carbocycles. The van der Waals surface area contributed by atoms with Gasteiger partial charge in [-0.25, -0.2) is 4.79 Å². The quantitative estimate of drug-likeness (QED) is 0.593. The summed E-state index contributed by atoms with van der Waals surface area (Å²) in [7, 11) is 0. The van der Waals surface area contributed by atoms with E-state index in [0.29, 0.717) is 6.61 Å². The van der Waals surface area contributed by atoms with Crippen LogP contribution in [0.2, 0.25) is 0 Å². The van der Waals surface area contributed by atoms with Gasteiger partial charge in [0.25, 0.3) is 0 Å². The lowest BCUT2D eigenvalue weighted by molar-refractivity contribution is 0.0510. The van der Waals surface area contributed by atoms with Crippen molar-refractivity contribution in [2.24, 2.45) is 0 Å². The third-order valence-electron chi connectivity index (χ3n) is 5.47. The van der Waals surface area contributed by atoms with E-state index in [1.54, 1.807) is 0 Å². The molecule has 0 aromatic heterocycles. The molecule has 4 rings (SSSR count). The van der Waals surface area contributed by atoms with E-state index in [9.17, 15) is 4.79 Å². The Labute approximate surface area is 169 Å². The number of ether oxygens (including phenoxy) is 1. The van der Waals surface area contributed by atoms with Gasteiger partial charge in [0.05, 0.1) is 6.04 Å². The molecule has 1 fully saturated rings. The smallest absolute Gasteiger partial charge is 0.410 e. The average molecular weight is 426 g/mol. The van der Waals surface area contributed by atoms with Crippen molar-refractivity contribution in [3.8, 4) is 0 Å².